The first-order valence-electron chi connectivity index (χ1n) is 8.02. The van der Waals surface area contributed by atoms with Gasteiger partial charge in [-0.15, -0.1) is 0 Å². The van der Waals surface area contributed by atoms with Gasteiger partial charge in [-0.2, -0.15) is 5.10 Å². The number of carbonyl (C=O) groups is 2. The summed E-state index contributed by atoms with van der Waals surface area (Å²) in [7, 11) is 0. The third kappa shape index (κ3) is 3.94. The number of benzene rings is 1. The number of aromatic nitrogens is 2. The molecule has 134 valence electrons. The lowest BCUT2D eigenvalue weighted by atomic mass is 10.2. The molecule has 0 bridgehead atoms. The molecule has 2 N–H and O–H groups in total. The van der Waals surface area contributed by atoms with Crippen molar-refractivity contribution in [1.82, 2.24) is 15.1 Å². The van der Waals surface area contributed by atoms with Crippen LogP contribution < -0.4 is 10.6 Å². The monoisotopic (exact) mass is 372 g/mol. The van der Waals surface area contributed by atoms with Crippen molar-refractivity contribution in [3.8, 4) is 0 Å². The van der Waals surface area contributed by atoms with E-state index in [1.54, 1.807) is 47.3 Å². The molecule has 0 saturated carbocycles. The van der Waals surface area contributed by atoms with Gasteiger partial charge >= 0.3 is 0 Å². The molecule has 1 aromatic carbocycles. The number of halogens is 1. The van der Waals surface area contributed by atoms with E-state index in [-0.39, 0.29) is 12.2 Å². The molecule has 0 atom stereocenters. The molecule has 0 spiro atoms. The Morgan fingerprint density at radius 1 is 1.19 bits per heavy atom. The first-order valence-corrected chi connectivity index (χ1v) is 8.40. The predicted octanol–water partition coefficient (Wildman–Crippen LogP) is 3.33. The largest absolute Gasteiger partial charge is 0.467 e. The summed E-state index contributed by atoms with van der Waals surface area (Å²) in [6, 6.07) is 10.2. The number of anilines is 1. The van der Waals surface area contributed by atoms with Gasteiger partial charge in [-0.1, -0.05) is 23.7 Å². The SMILES string of the molecule is CCn1cc(NC(=O)c2ccccc2Cl)c(C(=O)NCc2ccco2)n1. The molecule has 3 rings (SSSR count). The molecule has 8 heteroatoms. The lowest BCUT2D eigenvalue weighted by Gasteiger charge is -2.07. The Balaban J connectivity index is 1.78. The van der Waals surface area contributed by atoms with Gasteiger partial charge in [0.2, 0.25) is 0 Å². The Hall–Kier alpha value is -3.06. The Bertz CT molecular complexity index is 918. The molecule has 2 heterocycles. The van der Waals surface area contributed by atoms with Crippen LogP contribution in [0.3, 0.4) is 0 Å². The highest BCUT2D eigenvalue weighted by Crippen LogP contribution is 2.19. The molecule has 2 aromatic heterocycles. The quantitative estimate of drug-likeness (QED) is 0.694. The Morgan fingerprint density at radius 2 is 2.00 bits per heavy atom. The van der Waals surface area contributed by atoms with E-state index < -0.39 is 11.8 Å². The fraction of sp³-hybridized carbons (Fsp3) is 0.167. The number of hydrogen-bond acceptors (Lipinski definition) is 4. The zero-order valence-corrected chi connectivity index (χ0v) is 14.8. The van der Waals surface area contributed by atoms with Crippen molar-refractivity contribution in [3.63, 3.8) is 0 Å². The lowest BCUT2D eigenvalue weighted by Crippen LogP contribution is -2.25. The maximum absolute atomic E-state index is 12.5. The minimum absolute atomic E-state index is 0.124. The van der Waals surface area contributed by atoms with Crippen LogP contribution in [0.25, 0.3) is 0 Å². The summed E-state index contributed by atoms with van der Waals surface area (Å²) in [4.78, 5) is 24.9. The molecule has 0 fully saturated rings. The van der Waals surface area contributed by atoms with E-state index in [1.807, 2.05) is 6.92 Å². The molecule has 0 saturated heterocycles. The Morgan fingerprint density at radius 3 is 2.69 bits per heavy atom. The standard InChI is InChI=1S/C18H17ClN4O3/c1-2-23-11-15(21-17(24)13-7-3-4-8-14(13)19)16(22-23)18(25)20-10-12-6-5-9-26-12/h3-9,11H,2,10H2,1H3,(H,20,25)(H,21,24). The van der Waals surface area contributed by atoms with Crippen molar-refractivity contribution in [2.75, 3.05) is 5.32 Å². The van der Waals surface area contributed by atoms with E-state index in [0.29, 0.717) is 28.6 Å². The lowest BCUT2D eigenvalue weighted by molar-refractivity contribution is 0.0943. The number of hydrogen-bond donors (Lipinski definition) is 2. The maximum Gasteiger partial charge on any atom is 0.274 e. The van der Waals surface area contributed by atoms with Crippen molar-refractivity contribution >= 4 is 29.1 Å². The second-order valence-corrected chi connectivity index (χ2v) is 5.85. The van der Waals surface area contributed by atoms with Crippen molar-refractivity contribution in [2.45, 2.75) is 20.0 Å². The van der Waals surface area contributed by atoms with Crippen LogP contribution in [0.1, 0.15) is 33.5 Å². The molecule has 0 unspecified atom stereocenters. The topological polar surface area (TPSA) is 89.2 Å². The average molecular weight is 373 g/mol. The first-order chi connectivity index (χ1) is 12.6. The minimum atomic E-state index is -0.414. The number of furan rings is 1. The van der Waals surface area contributed by atoms with Crippen molar-refractivity contribution < 1.29 is 14.0 Å². The van der Waals surface area contributed by atoms with Crippen LogP contribution in [0.4, 0.5) is 5.69 Å². The van der Waals surface area contributed by atoms with E-state index in [9.17, 15) is 9.59 Å². The second kappa shape index (κ2) is 7.88. The van der Waals surface area contributed by atoms with Gasteiger partial charge in [0, 0.05) is 12.7 Å². The predicted molar refractivity (Wildman–Crippen MR) is 97.2 cm³/mol. The van der Waals surface area contributed by atoms with Crippen LogP contribution >= 0.6 is 11.6 Å². The number of rotatable bonds is 6. The zero-order valence-electron chi connectivity index (χ0n) is 14.0. The van der Waals surface area contributed by atoms with Gasteiger partial charge in [-0.3, -0.25) is 14.3 Å². The molecule has 26 heavy (non-hydrogen) atoms. The summed E-state index contributed by atoms with van der Waals surface area (Å²) in [5.41, 5.74) is 0.757. The summed E-state index contributed by atoms with van der Waals surface area (Å²) in [5, 5.41) is 9.98. The molecular formula is C18H17ClN4O3. The number of aryl methyl sites for hydroxylation is 1. The molecular weight excluding hydrogens is 356 g/mol. The number of nitrogens with zero attached hydrogens (tertiary/aromatic N) is 2. The van der Waals surface area contributed by atoms with Crippen molar-refractivity contribution in [2.24, 2.45) is 0 Å². The number of nitrogens with one attached hydrogen (secondary N) is 2. The van der Waals surface area contributed by atoms with Crippen LogP contribution in [0.15, 0.2) is 53.3 Å². The summed E-state index contributed by atoms with van der Waals surface area (Å²) >= 11 is 6.06. The fourth-order valence-corrected chi connectivity index (χ4v) is 2.56. The first kappa shape index (κ1) is 17.8. The number of carbonyl (C=O) groups excluding carboxylic acids is 2. The van der Waals surface area contributed by atoms with Gasteiger partial charge in [0.15, 0.2) is 5.69 Å². The summed E-state index contributed by atoms with van der Waals surface area (Å²) in [6.07, 6.45) is 3.14. The molecule has 7 nitrogen and oxygen atoms in total. The van der Waals surface area contributed by atoms with E-state index in [0.717, 1.165) is 0 Å². The Labute approximate surface area is 154 Å². The molecule has 0 radical (unpaired) electrons. The van der Waals surface area contributed by atoms with E-state index in [4.69, 9.17) is 16.0 Å². The smallest absolute Gasteiger partial charge is 0.274 e. The summed E-state index contributed by atoms with van der Waals surface area (Å²) in [5.74, 6) is -0.204. The molecule has 0 aliphatic heterocycles. The molecule has 0 aliphatic rings. The summed E-state index contributed by atoms with van der Waals surface area (Å²) in [6.45, 7) is 2.67. The van der Waals surface area contributed by atoms with Crippen molar-refractivity contribution in [3.05, 3.63) is 70.9 Å². The van der Waals surface area contributed by atoms with E-state index in [1.165, 1.54) is 6.26 Å². The highest BCUT2D eigenvalue weighted by molar-refractivity contribution is 6.34. The van der Waals surface area contributed by atoms with Crippen LogP contribution in [-0.4, -0.2) is 21.6 Å². The zero-order chi connectivity index (χ0) is 18.5. The Kier molecular flexibility index (Phi) is 5.38. The molecule has 3 aromatic rings. The molecule has 2 amide bonds. The van der Waals surface area contributed by atoms with Crippen LogP contribution in [0.2, 0.25) is 5.02 Å². The molecule has 0 aliphatic carbocycles. The van der Waals surface area contributed by atoms with Gasteiger partial charge in [0.05, 0.1) is 29.1 Å². The number of amides is 2. The third-order valence-electron chi connectivity index (χ3n) is 3.67. The van der Waals surface area contributed by atoms with Crippen LogP contribution in [0.5, 0.6) is 0 Å². The van der Waals surface area contributed by atoms with E-state index in [2.05, 4.69) is 15.7 Å². The maximum atomic E-state index is 12.5. The van der Waals surface area contributed by atoms with E-state index >= 15 is 0 Å². The average Bonchev–Trinajstić information content (AvgIpc) is 3.29. The van der Waals surface area contributed by atoms with Gasteiger partial charge in [-0.25, -0.2) is 0 Å². The van der Waals surface area contributed by atoms with Gasteiger partial charge in [0.25, 0.3) is 11.8 Å². The van der Waals surface area contributed by atoms with Crippen molar-refractivity contribution in [1.29, 1.82) is 0 Å². The van der Waals surface area contributed by atoms with Gasteiger partial charge in [-0.05, 0) is 31.2 Å². The second-order valence-electron chi connectivity index (χ2n) is 5.44. The van der Waals surface area contributed by atoms with Gasteiger partial charge < -0.3 is 15.1 Å². The summed E-state index contributed by atoms with van der Waals surface area (Å²) < 4.78 is 6.76. The minimum Gasteiger partial charge on any atom is -0.467 e. The fourth-order valence-electron chi connectivity index (χ4n) is 2.34. The van der Waals surface area contributed by atoms with Crippen LogP contribution in [-0.2, 0) is 13.1 Å². The third-order valence-corrected chi connectivity index (χ3v) is 4.00. The highest BCUT2D eigenvalue weighted by atomic mass is 35.5. The highest BCUT2D eigenvalue weighted by Gasteiger charge is 2.20. The van der Waals surface area contributed by atoms with Gasteiger partial charge in [0.1, 0.15) is 5.76 Å². The normalized spacial score (nSPS) is 10.5. The van der Waals surface area contributed by atoms with Crippen LogP contribution in [0, 0.1) is 0 Å².